The second kappa shape index (κ2) is 4.98. The van der Waals surface area contributed by atoms with Crippen LogP contribution in [0.4, 0.5) is 13.2 Å². The summed E-state index contributed by atoms with van der Waals surface area (Å²) < 4.78 is 36.8. The van der Waals surface area contributed by atoms with Gasteiger partial charge in [-0.15, -0.1) is 0 Å². The molecule has 1 aromatic carbocycles. The number of carboxylic acids is 1. The predicted octanol–water partition coefficient (Wildman–Crippen LogP) is 3.63. The Morgan fingerprint density at radius 2 is 2.06 bits per heavy atom. The van der Waals surface area contributed by atoms with E-state index < -0.39 is 33.7 Å². The highest BCUT2D eigenvalue weighted by Gasteiger charge is 2.33. The van der Waals surface area contributed by atoms with Crippen molar-refractivity contribution in [2.24, 2.45) is 0 Å². The lowest BCUT2D eigenvalue weighted by molar-refractivity contribution is -0.0328. The second-order valence-corrected chi connectivity index (χ2v) is 4.69. The number of carbonyl (C=O) groups is 1. The molecule has 0 atom stereocenters. The molecule has 0 bridgehead atoms. The van der Waals surface area contributed by atoms with Crippen molar-refractivity contribution in [3.63, 3.8) is 0 Å². The molecule has 1 rings (SSSR count). The summed E-state index contributed by atoms with van der Waals surface area (Å²) in [6, 6.07) is 3.90. The van der Waals surface area contributed by atoms with Crippen molar-refractivity contribution >= 4 is 33.7 Å². The first-order valence-corrected chi connectivity index (χ1v) is 5.59. The maximum Gasteiger partial charge on any atom is 0.446 e. The van der Waals surface area contributed by atoms with E-state index in [0.717, 1.165) is 6.07 Å². The van der Waals surface area contributed by atoms with Crippen molar-refractivity contribution < 1.29 is 23.1 Å². The van der Waals surface area contributed by atoms with Crippen LogP contribution in [-0.4, -0.2) is 16.6 Å². The number of carboxylic acid groups (broad SMARTS) is 1. The van der Waals surface area contributed by atoms with Crippen LogP contribution in [0.3, 0.4) is 0 Å². The van der Waals surface area contributed by atoms with Gasteiger partial charge in [0.1, 0.15) is 6.07 Å². The number of halogens is 4. The van der Waals surface area contributed by atoms with Crippen molar-refractivity contribution in [2.75, 3.05) is 0 Å². The fraction of sp³-hybridized carbons (Fsp3) is 0.111. The second-order valence-electron chi connectivity index (χ2n) is 2.76. The van der Waals surface area contributed by atoms with E-state index in [1.807, 2.05) is 0 Å². The van der Waals surface area contributed by atoms with E-state index in [1.165, 1.54) is 6.07 Å². The fourth-order valence-electron chi connectivity index (χ4n) is 1.08. The molecule has 0 fully saturated rings. The Balaban J connectivity index is 3.46. The molecule has 0 aliphatic carbocycles. The smallest absolute Gasteiger partial charge is 0.446 e. The van der Waals surface area contributed by atoms with Gasteiger partial charge in [-0.2, -0.15) is 18.4 Å². The molecule has 3 nitrogen and oxygen atoms in total. The lowest BCUT2D eigenvalue weighted by atomic mass is 10.1. The highest BCUT2D eigenvalue weighted by atomic mass is 79.9. The van der Waals surface area contributed by atoms with E-state index in [0.29, 0.717) is 0 Å². The summed E-state index contributed by atoms with van der Waals surface area (Å²) in [5.74, 6) is -1.57. The minimum absolute atomic E-state index is 0.0174. The lowest BCUT2D eigenvalue weighted by Crippen LogP contribution is -2.07. The van der Waals surface area contributed by atoms with Crippen molar-refractivity contribution in [3.05, 3.63) is 27.7 Å². The van der Waals surface area contributed by atoms with E-state index >= 15 is 0 Å². The standard InChI is InChI=1S/C9H3BrF3NO2S/c10-5-2-1-4(3-14)6(8(15)16)7(5)17-9(11,12)13/h1-2H,(H,15,16). The number of nitriles is 1. The van der Waals surface area contributed by atoms with Crippen LogP contribution in [0, 0.1) is 11.3 Å². The molecule has 0 unspecified atom stereocenters. The Hall–Kier alpha value is -1.20. The Kier molecular flexibility index (Phi) is 4.06. The van der Waals surface area contributed by atoms with Gasteiger partial charge in [-0.25, -0.2) is 4.79 Å². The molecule has 0 spiro atoms. The van der Waals surface area contributed by atoms with Crippen molar-refractivity contribution in [3.8, 4) is 6.07 Å². The first kappa shape index (κ1) is 13.9. The van der Waals surface area contributed by atoms with Crippen LogP contribution in [0.1, 0.15) is 15.9 Å². The van der Waals surface area contributed by atoms with Crippen LogP contribution in [-0.2, 0) is 0 Å². The maximum atomic E-state index is 12.3. The molecule has 8 heteroatoms. The molecular weight excluding hydrogens is 323 g/mol. The molecule has 0 aromatic heterocycles. The number of aromatic carboxylic acids is 1. The molecule has 0 saturated carbocycles. The summed E-state index contributed by atoms with van der Waals surface area (Å²) in [7, 11) is 0. The molecule has 0 aliphatic rings. The number of benzene rings is 1. The molecule has 1 aromatic rings. The van der Waals surface area contributed by atoms with Crippen LogP contribution >= 0.6 is 27.7 Å². The Labute approximate surface area is 106 Å². The van der Waals surface area contributed by atoms with Crippen molar-refractivity contribution in [2.45, 2.75) is 10.4 Å². The first-order chi connectivity index (χ1) is 7.76. The van der Waals surface area contributed by atoms with Crippen molar-refractivity contribution in [1.82, 2.24) is 0 Å². The summed E-state index contributed by atoms with van der Waals surface area (Å²) in [6.07, 6.45) is 0. The molecular formula is C9H3BrF3NO2S. The van der Waals surface area contributed by atoms with Crippen LogP contribution in [0.15, 0.2) is 21.5 Å². The topological polar surface area (TPSA) is 61.1 Å². The monoisotopic (exact) mass is 325 g/mol. The summed E-state index contributed by atoms with van der Waals surface area (Å²) >= 11 is 2.27. The number of alkyl halides is 3. The number of hydrogen-bond acceptors (Lipinski definition) is 3. The largest absolute Gasteiger partial charge is 0.478 e. The SMILES string of the molecule is N#Cc1ccc(Br)c(SC(F)(F)F)c1C(=O)O. The zero-order valence-electron chi connectivity index (χ0n) is 7.88. The highest BCUT2D eigenvalue weighted by molar-refractivity contribution is 9.10. The minimum atomic E-state index is -4.62. The van der Waals surface area contributed by atoms with E-state index in [1.54, 1.807) is 6.07 Å². The Morgan fingerprint density at radius 3 is 2.47 bits per heavy atom. The first-order valence-electron chi connectivity index (χ1n) is 3.98. The van der Waals surface area contributed by atoms with Gasteiger partial charge in [0.05, 0.1) is 11.1 Å². The van der Waals surface area contributed by atoms with E-state index in [2.05, 4.69) is 15.9 Å². The molecule has 0 radical (unpaired) electrons. The van der Waals surface area contributed by atoms with Gasteiger partial charge in [-0.3, -0.25) is 0 Å². The van der Waals surface area contributed by atoms with Crippen molar-refractivity contribution in [1.29, 1.82) is 5.26 Å². The van der Waals surface area contributed by atoms with Crippen LogP contribution in [0.2, 0.25) is 0 Å². The molecule has 17 heavy (non-hydrogen) atoms. The summed E-state index contributed by atoms with van der Waals surface area (Å²) in [5, 5.41) is 17.5. The normalized spacial score (nSPS) is 11.0. The van der Waals surface area contributed by atoms with E-state index in [4.69, 9.17) is 10.4 Å². The van der Waals surface area contributed by atoms with Gasteiger partial charge in [0.15, 0.2) is 0 Å². The molecule has 0 heterocycles. The number of rotatable bonds is 2. The van der Waals surface area contributed by atoms with Gasteiger partial charge in [0.2, 0.25) is 0 Å². The van der Waals surface area contributed by atoms with Gasteiger partial charge in [-0.1, -0.05) is 0 Å². The predicted molar refractivity (Wildman–Crippen MR) is 57.7 cm³/mol. The fourth-order valence-corrected chi connectivity index (χ4v) is 2.35. The minimum Gasteiger partial charge on any atom is -0.478 e. The summed E-state index contributed by atoms with van der Waals surface area (Å²) in [6.45, 7) is 0. The van der Waals surface area contributed by atoms with Crippen LogP contribution in [0.5, 0.6) is 0 Å². The van der Waals surface area contributed by atoms with Gasteiger partial charge in [0, 0.05) is 9.37 Å². The average Bonchev–Trinajstić information content (AvgIpc) is 2.18. The molecule has 0 aliphatic heterocycles. The number of nitrogens with zero attached hydrogens (tertiary/aromatic N) is 1. The summed E-state index contributed by atoms with van der Waals surface area (Å²) in [5.41, 5.74) is -5.59. The molecule has 0 saturated heterocycles. The molecule has 90 valence electrons. The van der Waals surface area contributed by atoms with Crippen LogP contribution in [0.25, 0.3) is 0 Å². The quantitative estimate of drug-likeness (QED) is 0.843. The van der Waals surface area contributed by atoms with E-state index in [-0.39, 0.29) is 10.0 Å². The van der Waals surface area contributed by atoms with Gasteiger partial charge in [-0.05, 0) is 39.8 Å². The molecule has 0 amide bonds. The average molecular weight is 326 g/mol. The lowest BCUT2D eigenvalue weighted by Gasteiger charge is -2.11. The molecule has 1 N–H and O–H groups in total. The highest BCUT2D eigenvalue weighted by Crippen LogP contribution is 2.43. The number of hydrogen-bond donors (Lipinski definition) is 1. The van der Waals surface area contributed by atoms with Gasteiger partial charge in [0.25, 0.3) is 0 Å². The van der Waals surface area contributed by atoms with Gasteiger partial charge >= 0.3 is 11.5 Å². The third-order valence-corrected chi connectivity index (χ3v) is 3.44. The number of thioether (sulfide) groups is 1. The van der Waals surface area contributed by atoms with Crippen LogP contribution < -0.4 is 0 Å². The zero-order valence-corrected chi connectivity index (χ0v) is 10.3. The Morgan fingerprint density at radius 1 is 1.47 bits per heavy atom. The summed E-state index contributed by atoms with van der Waals surface area (Å²) in [4.78, 5) is 10.4. The van der Waals surface area contributed by atoms with Gasteiger partial charge < -0.3 is 5.11 Å². The Bertz CT molecular complexity index is 510. The third-order valence-electron chi connectivity index (χ3n) is 1.66. The van der Waals surface area contributed by atoms with E-state index in [9.17, 15) is 18.0 Å². The maximum absolute atomic E-state index is 12.3. The zero-order chi connectivity index (χ0) is 13.2. The third kappa shape index (κ3) is 3.38.